The van der Waals surface area contributed by atoms with Crippen LogP contribution in [0.15, 0.2) is 24.4 Å². The number of pyridine rings is 1. The van der Waals surface area contributed by atoms with Gasteiger partial charge in [-0.15, -0.1) is 0 Å². The molecule has 0 amide bonds. The minimum absolute atomic E-state index is 0.0128. The molecule has 0 spiro atoms. The molecule has 2 aliphatic carbocycles. The van der Waals surface area contributed by atoms with Crippen molar-refractivity contribution in [2.75, 3.05) is 19.4 Å². The number of piperidine rings is 1. The number of rotatable bonds is 14. The number of nitrogens with zero attached hydrogens (tertiary/aromatic N) is 1. The third-order valence-corrected chi connectivity index (χ3v) is 11.1. The van der Waals surface area contributed by atoms with Crippen LogP contribution in [0.5, 0.6) is 11.5 Å². The number of phenols is 1. The predicted molar refractivity (Wildman–Crippen MR) is 190 cm³/mol. The van der Waals surface area contributed by atoms with E-state index >= 15 is 0 Å². The normalized spacial score (nSPS) is 25.1. The third-order valence-electron chi connectivity index (χ3n) is 11.1. The van der Waals surface area contributed by atoms with Gasteiger partial charge in [-0.1, -0.05) is 31.6 Å². The Kier molecular flexibility index (Phi) is 13.1. The van der Waals surface area contributed by atoms with Crippen LogP contribution in [-0.4, -0.2) is 63.8 Å². The number of nitrogen functional groups attached to an aromatic ring is 1. The van der Waals surface area contributed by atoms with E-state index in [-0.39, 0.29) is 23.9 Å². The number of ether oxygens (including phenoxy) is 1. The molecule has 1 saturated heterocycles. The topological polar surface area (TPSA) is 155 Å². The van der Waals surface area contributed by atoms with Crippen LogP contribution in [0.3, 0.4) is 0 Å². The quantitative estimate of drug-likeness (QED) is 0.134. The molecule has 9 heteroatoms. The monoisotopic (exact) mass is 673 g/mol. The molecule has 2 aromatic rings. The molecule has 2 fully saturated rings. The van der Waals surface area contributed by atoms with Crippen LogP contribution in [0, 0.1) is 29.6 Å². The number of hydrogen-bond acceptors (Lipinski definition) is 9. The number of aliphatic hydroxyl groups excluding tert-OH is 2. The smallest absolute Gasteiger partial charge is 0.160 e. The second-order valence-corrected chi connectivity index (χ2v) is 14.5. The van der Waals surface area contributed by atoms with Gasteiger partial charge in [0.1, 0.15) is 17.5 Å². The van der Waals surface area contributed by atoms with Gasteiger partial charge in [-0.25, -0.2) is 4.98 Å². The molecule has 0 unspecified atom stereocenters. The molecule has 2 heterocycles. The molecule has 49 heavy (non-hydrogen) atoms. The molecular weight excluding hydrogens is 618 g/mol. The largest absolute Gasteiger partial charge is 0.504 e. The standard InChI is InChI=1S/C40H55N3O6/c1-3-26-24-43-40(41)20-28(26)9-14-31(44)13-8-27-11-16-33(37(47)17-12-29-19-39(49-2)38(48)22-34(27)29)36(46)7-5-4-6-25-18-30-10-15-32(45)21-35(30)42-23-25/h19-20,22,24-25,27,30-31,33,35-36,42,44,46,48H,3-10,12-15,17-18,21,23H2,1-2H3,(H2,41,43)/t25-,27+,30+,31+,33+,35+,36+/m0/s1. The summed E-state index contributed by atoms with van der Waals surface area (Å²) in [6, 6.07) is 5.69. The lowest BCUT2D eigenvalue weighted by Gasteiger charge is -2.39. The molecule has 9 nitrogen and oxygen atoms in total. The second-order valence-electron chi connectivity index (χ2n) is 14.5. The number of unbranched alkanes of at least 4 members (excludes halogenated alkanes) is 1. The molecule has 1 aliphatic heterocycles. The van der Waals surface area contributed by atoms with Crippen LogP contribution in [-0.2, 0) is 28.9 Å². The van der Waals surface area contributed by atoms with Gasteiger partial charge < -0.3 is 31.1 Å². The number of aromatic nitrogens is 1. The summed E-state index contributed by atoms with van der Waals surface area (Å²) in [5, 5.41) is 36.6. The fourth-order valence-electron chi connectivity index (χ4n) is 8.14. The van der Waals surface area contributed by atoms with Crippen molar-refractivity contribution in [1.82, 2.24) is 10.3 Å². The molecule has 3 aliphatic rings. The average molecular weight is 674 g/mol. The number of anilines is 1. The van der Waals surface area contributed by atoms with Crippen molar-refractivity contribution in [3.63, 3.8) is 0 Å². The Balaban J connectivity index is 1.21. The van der Waals surface area contributed by atoms with E-state index in [0.717, 1.165) is 67.3 Å². The van der Waals surface area contributed by atoms with Crippen molar-refractivity contribution in [2.24, 2.45) is 17.8 Å². The van der Waals surface area contributed by atoms with Gasteiger partial charge in [0, 0.05) is 37.4 Å². The number of nitrogens with two attached hydrogens (primary N) is 1. The highest BCUT2D eigenvalue weighted by Crippen LogP contribution is 2.37. The van der Waals surface area contributed by atoms with E-state index in [0.29, 0.717) is 86.6 Å². The number of Topliss-reactive ketones (excluding diaryl/α,β-unsaturated/α-hetero) is 2. The van der Waals surface area contributed by atoms with E-state index < -0.39 is 18.1 Å². The number of nitrogens with one attached hydrogen (secondary N) is 1. The summed E-state index contributed by atoms with van der Waals surface area (Å²) in [4.78, 5) is 29.5. The number of fused-ring (bicyclic) bond motifs is 2. The van der Waals surface area contributed by atoms with Crippen molar-refractivity contribution >= 4 is 17.4 Å². The van der Waals surface area contributed by atoms with Crippen LogP contribution in [0.1, 0.15) is 112 Å². The Morgan fingerprint density at radius 1 is 1.04 bits per heavy atom. The number of carbonyl (C=O) groups is 2. The highest BCUT2D eigenvalue weighted by atomic mass is 16.5. The first-order chi connectivity index (χ1) is 23.6. The minimum atomic E-state index is -0.853. The zero-order valence-corrected chi connectivity index (χ0v) is 29.3. The van der Waals surface area contributed by atoms with E-state index in [4.69, 9.17) is 10.5 Å². The van der Waals surface area contributed by atoms with Crippen LogP contribution in [0.25, 0.3) is 0 Å². The fourth-order valence-corrected chi connectivity index (χ4v) is 8.14. The SMILES string of the molecule is CCc1cnc(N)cc1CC[C@H](O)CC[C@@H]1C#C[C@H]([C@H](O)CCCC[C@@H]2CN[C@@H]3CC(=O)CC[C@@H]3C2)C(=O)CCc2cc(OC)c(O)cc21. The van der Waals surface area contributed by atoms with Crippen LogP contribution in [0.4, 0.5) is 5.82 Å². The summed E-state index contributed by atoms with van der Waals surface area (Å²) < 4.78 is 5.38. The molecule has 7 atom stereocenters. The van der Waals surface area contributed by atoms with Gasteiger partial charge in [-0.3, -0.25) is 9.59 Å². The number of phenolic OH excluding ortho intramolecular Hbond substituents is 1. The Morgan fingerprint density at radius 2 is 1.88 bits per heavy atom. The lowest BCUT2D eigenvalue weighted by molar-refractivity contribution is -0.124. The van der Waals surface area contributed by atoms with Gasteiger partial charge in [0.15, 0.2) is 17.3 Å². The summed E-state index contributed by atoms with van der Waals surface area (Å²) in [5.41, 5.74) is 9.86. The lowest BCUT2D eigenvalue weighted by atomic mass is 9.74. The lowest BCUT2D eigenvalue weighted by Crippen LogP contribution is -2.48. The third kappa shape index (κ3) is 9.84. The van der Waals surface area contributed by atoms with Gasteiger partial charge >= 0.3 is 0 Å². The zero-order chi connectivity index (χ0) is 34.9. The van der Waals surface area contributed by atoms with Gasteiger partial charge in [-0.05, 0) is 123 Å². The number of aliphatic hydroxyl groups is 2. The first-order valence-corrected chi connectivity index (χ1v) is 18.4. The van der Waals surface area contributed by atoms with E-state index in [9.17, 15) is 24.9 Å². The van der Waals surface area contributed by atoms with E-state index in [1.165, 1.54) is 7.11 Å². The van der Waals surface area contributed by atoms with Crippen molar-refractivity contribution in [3.8, 4) is 23.3 Å². The van der Waals surface area contributed by atoms with Crippen LogP contribution < -0.4 is 15.8 Å². The second kappa shape index (κ2) is 17.5. The number of methoxy groups -OCH3 is 1. The highest BCUT2D eigenvalue weighted by molar-refractivity contribution is 5.85. The molecule has 0 bridgehead atoms. The summed E-state index contributed by atoms with van der Waals surface area (Å²) >= 11 is 0. The van der Waals surface area contributed by atoms with Gasteiger partial charge in [0.2, 0.25) is 0 Å². The molecule has 0 radical (unpaired) electrons. The molecule has 1 aromatic carbocycles. The van der Waals surface area contributed by atoms with Gasteiger partial charge in [-0.2, -0.15) is 0 Å². The zero-order valence-electron chi connectivity index (χ0n) is 29.3. The van der Waals surface area contributed by atoms with E-state index in [2.05, 4.69) is 29.1 Å². The van der Waals surface area contributed by atoms with Gasteiger partial charge in [0.25, 0.3) is 0 Å². The highest BCUT2D eigenvalue weighted by Gasteiger charge is 2.34. The maximum atomic E-state index is 13.5. The van der Waals surface area contributed by atoms with Crippen molar-refractivity contribution in [1.29, 1.82) is 0 Å². The number of benzene rings is 1. The van der Waals surface area contributed by atoms with Crippen molar-refractivity contribution in [3.05, 3.63) is 46.6 Å². The maximum Gasteiger partial charge on any atom is 0.160 e. The summed E-state index contributed by atoms with van der Waals surface area (Å²) in [6.45, 7) is 3.02. The Morgan fingerprint density at radius 3 is 2.67 bits per heavy atom. The molecule has 266 valence electrons. The minimum Gasteiger partial charge on any atom is -0.504 e. The Bertz CT molecular complexity index is 1520. The molecule has 1 aromatic heterocycles. The number of carbonyl (C=O) groups excluding carboxylic acids is 2. The molecule has 5 rings (SSSR count). The summed E-state index contributed by atoms with van der Waals surface area (Å²) in [6.07, 6.45) is 11.1. The molecule has 1 saturated carbocycles. The predicted octanol–water partition coefficient (Wildman–Crippen LogP) is 5.20. The van der Waals surface area contributed by atoms with Crippen molar-refractivity contribution in [2.45, 2.75) is 127 Å². The first kappa shape index (κ1) is 36.8. The Hall–Kier alpha value is -3.45. The van der Waals surface area contributed by atoms with Crippen molar-refractivity contribution < 1.29 is 29.6 Å². The first-order valence-electron chi connectivity index (χ1n) is 18.4. The maximum absolute atomic E-state index is 13.5. The van der Waals surface area contributed by atoms with E-state index in [1.54, 1.807) is 18.3 Å². The Labute approximate surface area is 291 Å². The van der Waals surface area contributed by atoms with Crippen LogP contribution >= 0.6 is 0 Å². The summed E-state index contributed by atoms with van der Waals surface area (Å²) in [7, 11) is 1.50. The fraction of sp³-hybridized carbons (Fsp3) is 0.625. The number of aryl methyl sites for hydroxylation is 3. The van der Waals surface area contributed by atoms with Gasteiger partial charge in [0.05, 0.1) is 19.3 Å². The summed E-state index contributed by atoms with van der Waals surface area (Å²) in [5.74, 6) is 7.69. The molecule has 6 N–H and O–H groups in total. The number of hydrogen-bond donors (Lipinski definition) is 5. The molecular formula is C40H55N3O6. The average Bonchev–Trinajstić information content (AvgIpc) is 3.15. The number of aromatic hydroxyl groups is 1. The van der Waals surface area contributed by atoms with Crippen LogP contribution in [0.2, 0.25) is 0 Å². The number of ketones is 2. The van der Waals surface area contributed by atoms with E-state index in [1.807, 2.05) is 6.07 Å².